The fourth-order valence-electron chi connectivity index (χ4n) is 0.771. The lowest BCUT2D eigenvalue weighted by Crippen LogP contribution is -2.36. The van der Waals surface area contributed by atoms with Crippen LogP contribution in [-0.2, 0) is 4.74 Å². The molecule has 0 aliphatic carbocycles. The Labute approximate surface area is 87.6 Å². The van der Waals surface area contributed by atoms with Crippen LogP contribution >= 0.6 is 0 Å². The van der Waals surface area contributed by atoms with Crippen molar-refractivity contribution in [3.8, 4) is 0 Å². The zero-order chi connectivity index (χ0) is 12.3. The van der Waals surface area contributed by atoms with E-state index in [2.05, 4.69) is 0 Å². The first-order valence-corrected chi connectivity index (χ1v) is 4.66. The summed E-state index contributed by atoms with van der Waals surface area (Å²) in [5, 5.41) is 0. The second-order valence-electron chi connectivity index (χ2n) is 4.40. The fourth-order valence-corrected chi connectivity index (χ4v) is 0.771. The van der Waals surface area contributed by atoms with E-state index in [1.807, 2.05) is 0 Å². The number of ether oxygens (including phenoxy) is 1. The Morgan fingerprint density at radius 2 is 1.80 bits per heavy atom. The Morgan fingerprint density at radius 3 is 2.13 bits per heavy atom. The summed E-state index contributed by atoms with van der Waals surface area (Å²) in [6.45, 7) is -0.233. The predicted octanol–water partition coefficient (Wildman–Crippen LogP) is 2.70. The molecule has 0 spiro atoms. The van der Waals surface area contributed by atoms with Gasteiger partial charge in [-0.15, -0.1) is 0 Å². The minimum Gasteiger partial charge on any atom is -0.449 e. The quantitative estimate of drug-likeness (QED) is 0.692. The van der Waals surface area contributed by atoms with Gasteiger partial charge in [-0.05, 0) is 27.3 Å². The fraction of sp³-hybridized carbons (Fsp3) is 0.875. The van der Waals surface area contributed by atoms with Crippen LogP contribution in [0.3, 0.4) is 0 Å². The van der Waals surface area contributed by atoms with Gasteiger partial charge in [-0.1, -0.05) is 6.32 Å². The average molecular weight is 226 g/mol. The summed E-state index contributed by atoms with van der Waals surface area (Å²) >= 11 is 0. The van der Waals surface area contributed by atoms with Gasteiger partial charge >= 0.3 is 13.1 Å². The van der Waals surface area contributed by atoms with Crippen LogP contribution < -0.4 is 0 Å². The molecule has 0 N–H and O–H groups in total. The van der Waals surface area contributed by atoms with Crippen molar-refractivity contribution in [1.82, 2.24) is 4.90 Å². The number of halogens is 3. The molecule has 0 rings (SSSR count). The second kappa shape index (κ2) is 4.76. The van der Waals surface area contributed by atoms with E-state index in [-0.39, 0.29) is 6.54 Å². The van der Waals surface area contributed by atoms with Gasteiger partial charge in [0.05, 0.1) is 0 Å². The zero-order valence-electron chi connectivity index (χ0n) is 9.39. The lowest BCUT2D eigenvalue weighted by molar-refractivity contribution is 0.0305. The van der Waals surface area contributed by atoms with E-state index in [4.69, 9.17) is 4.74 Å². The Balaban J connectivity index is 4.01. The Morgan fingerprint density at radius 1 is 1.33 bits per heavy atom. The number of hydrogen-bond donors (Lipinski definition) is 0. The molecule has 0 bridgehead atoms. The summed E-state index contributed by atoms with van der Waals surface area (Å²) in [5.41, 5.74) is -0.686. The lowest BCUT2D eigenvalue weighted by Gasteiger charge is -2.26. The van der Waals surface area contributed by atoms with Crippen LogP contribution in [0, 0.1) is 0 Å². The maximum absolute atomic E-state index is 11.9. The summed E-state index contributed by atoms with van der Waals surface area (Å²) < 4.78 is 40.6. The average Bonchev–Trinajstić information content (AvgIpc) is 1.95. The van der Waals surface area contributed by atoms with Crippen molar-refractivity contribution in [3.63, 3.8) is 0 Å². The normalized spacial score (nSPS) is 12.5. The van der Waals surface area contributed by atoms with Gasteiger partial charge in [0.1, 0.15) is 5.60 Å². The molecule has 0 atom stereocenters. The molecule has 0 aromatic rings. The summed E-state index contributed by atoms with van der Waals surface area (Å²) in [4.78, 5) is 12.1. The molecule has 0 heterocycles. The molecule has 0 fully saturated rings. The summed E-state index contributed by atoms with van der Waals surface area (Å²) in [7, 11) is 1.29. The van der Waals surface area contributed by atoms with E-state index in [0.29, 0.717) is 0 Å². The van der Waals surface area contributed by atoms with Crippen LogP contribution in [0.15, 0.2) is 0 Å². The van der Waals surface area contributed by atoms with Gasteiger partial charge in [-0.2, -0.15) is 0 Å². The summed E-state index contributed by atoms with van der Waals surface area (Å²) in [5.74, 6) is 0. The third kappa shape index (κ3) is 8.14. The SMILES string of the molecule is CN(CC[B-](F)(F)F)C(=O)OC(C)(C)C. The Kier molecular flexibility index (Phi) is 4.49. The van der Waals surface area contributed by atoms with E-state index < -0.39 is 25.0 Å². The minimum absolute atomic E-state index is 0.363. The Hall–Kier alpha value is -0.875. The van der Waals surface area contributed by atoms with Gasteiger partial charge in [-0.25, -0.2) is 4.79 Å². The van der Waals surface area contributed by atoms with Crippen LogP contribution in [0.2, 0.25) is 6.32 Å². The molecular weight excluding hydrogens is 210 g/mol. The largest absolute Gasteiger partial charge is 0.480 e. The monoisotopic (exact) mass is 226 g/mol. The molecule has 0 aliphatic heterocycles. The standard InChI is InChI=1S/C8H16BF3NO2/c1-8(2,3)15-7(14)13(4)6-5-9(10,11)12/h5-6H2,1-4H3/q-1. The molecule has 90 valence electrons. The molecule has 1 amide bonds. The predicted molar refractivity (Wildman–Crippen MR) is 52.7 cm³/mol. The smallest absolute Gasteiger partial charge is 0.449 e. The van der Waals surface area contributed by atoms with E-state index in [0.717, 1.165) is 4.90 Å². The minimum atomic E-state index is -4.85. The number of carbonyl (C=O) groups excluding carboxylic acids is 1. The highest BCUT2D eigenvalue weighted by Crippen LogP contribution is 2.16. The van der Waals surface area contributed by atoms with E-state index in [1.165, 1.54) is 7.05 Å². The number of nitrogens with zero attached hydrogens (tertiary/aromatic N) is 1. The molecule has 0 aromatic heterocycles. The van der Waals surface area contributed by atoms with Crippen molar-refractivity contribution in [2.75, 3.05) is 13.6 Å². The van der Waals surface area contributed by atoms with Crippen LogP contribution in [0.5, 0.6) is 0 Å². The highest BCUT2D eigenvalue weighted by molar-refractivity contribution is 6.58. The summed E-state index contributed by atoms with van der Waals surface area (Å²) in [6.07, 6.45) is -1.70. The van der Waals surface area contributed by atoms with Gasteiger partial charge in [0.2, 0.25) is 0 Å². The molecule has 15 heavy (non-hydrogen) atoms. The maximum atomic E-state index is 11.9. The van der Waals surface area contributed by atoms with Crippen LogP contribution in [0.1, 0.15) is 20.8 Å². The topological polar surface area (TPSA) is 29.5 Å². The molecular formula is C8H16BF3NO2-. The summed E-state index contributed by atoms with van der Waals surface area (Å²) in [6, 6.07) is 0. The second-order valence-corrected chi connectivity index (χ2v) is 4.40. The maximum Gasteiger partial charge on any atom is 0.480 e. The van der Waals surface area contributed by atoms with Crippen molar-refractivity contribution >= 4 is 13.1 Å². The van der Waals surface area contributed by atoms with Gasteiger partial charge in [0, 0.05) is 7.05 Å². The number of carbonyl (C=O) groups is 1. The lowest BCUT2D eigenvalue weighted by atomic mass is 9.86. The van der Waals surface area contributed by atoms with Crippen LogP contribution in [-0.4, -0.2) is 37.2 Å². The van der Waals surface area contributed by atoms with Gasteiger partial charge in [0.25, 0.3) is 0 Å². The first-order valence-electron chi connectivity index (χ1n) is 4.66. The molecule has 0 aliphatic rings. The molecule has 0 aromatic carbocycles. The number of hydrogen-bond acceptors (Lipinski definition) is 2. The van der Waals surface area contributed by atoms with Crippen molar-refractivity contribution in [2.45, 2.75) is 32.7 Å². The zero-order valence-corrected chi connectivity index (χ0v) is 9.39. The number of rotatable bonds is 3. The highest BCUT2D eigenvalue weighted by atomic mass is 19.4. The molecule has 0 saturated heterocycles. The van der Waals surface area contributed by atoms with Crippen LogP contribution in [0.25, 0.3) is 0 Å². The van der Waals surface area contributed by atoms with Gasteiger partial charge in [0.15, 0.2) is 0 Å². The van der Waals surface area contributed by atoms with Crippen molar-refractivity contribution in [1.29, 1.82) is 0 Å². The van der Waals surface area contributed by atoms with Crippen molar-refractivity contribution in [2.24, 2.45) is 0 Å². The van der Waals surface area contributed by atoms with E-state index in [9.17, 15) is 17.7 Å². The molecule has 7 heteroatoms. The van der Waals surface area contributed by atoms with Crippen molar-refractivity contribution < 1.29 is 22.5 Å². The van der Waals surface area contributed by atoms with Crippen molar-refractivity contribution in [3.05, 3.63) is 0 Å². The highest BCUT2D eigenvalue weighted by Gasteiger charge is 2.25. The Bertz CT molecular complexity index is 225. The molecule has 0 saturated carbocycles. The molecule has 0 radical (unpaired) electrons. The van der Waals surface area contributed by atoms with E-state index >= 15 is 0 Å². The van der Waals surface area contributed by atoms with Gasteiger partial charge < -0.3 is 22.6 Å². The molecule has 0 unspecified atom stereocenters. The van der Waals surface area contributed by atoms with Gasteiger partial charge in [-0.3, -0.25) is 0 Å². The van der Waals surface area contributed by atoms with Crippen LogP contribution in [0.4, 0.5) is 17.7 Å². The van der Waals surface area contributed by atoms with E-state index in [1.54, 1.807) is 20.8 Å². The first kappa shape index (κ1) is 14.1. The third-order valence-corrected chi connectivity index (χ3v) is 1.50. The third-order valence-electron chi connectivity index (χ3n) is 1.50. The first-order chi connectivity index (χ1) is 6.51. The molecule has 3 nitrogen and oxygen atoms in total. The number of amides is 1.